The molecule has 6 nitrogen and oxygen atoms in total. The van der Waals surface area contributed by atoms with E-state index >= 15 is 0 Å². The van der Waals surface area contributed by atoms with E-state index in [1.807, 2.05) is 6.07 Å². The van der Waals surface area contributed by atoms with Crippen molar-refractivity contribution in [3.05, 3.63) is 35.5 Å². The van der Waals surface area contributed by atoms with Crippen LogP contribution in [0.25, 0.3) is 0 Å². The van der Waals surface area contributed by atoms with Gasteiger partial charge in [-0.3, -0.25) is 4.90 Å². The number of hydrogen-bond donors (Lipinski definition) is 0. The predicted octanol–water partition coefficient (Wildman–Crippen LogP) is 3.77. The Morgan fingerprint density at radius 3 is 2.84 bits per heavy atom. The van der Waals surface area contributed by atoms with Crippen LogP contribution in [0.15, 0.2) is 22.7 Å². The van der Waals surface area contributed by atoms with E-state index in [9.17, 15) is 0 Å². The molecule has 1 fully saturated rings. The molecule has 0 aliphatic carbocycles. The van der Waals surface area contributed by atoms with E-state index in [1.165, 1.54) is 5.56 Å². The molecule has 1 unspecified atom stereocenters. The molecule has 1 saturated heterocycles. The van der Waals surface area contributed by atoms with Crippen LogP contribution in [0.3, 0.4) is 0 Å². The highest BCUT2D eigenvalue weighted by atomic mass is 16.5. The van der Waals surface area contributed by atoms with Crippen LogP contribution in [0.2, 0.25) is 0 Å². The third-order valence-electron chi connectivity index (χ3n) is 4.76. The summed E-state index contributed by atoms with van der Waals surface area (Å²) in [6.07, 6.45) is 5.40. The van der Waals surface area contributed by atoms with Gasteiger partial charge in [0.15, 0.2) is 17.3 Å². The van der Waals surface area contributed by atoms with Crippen molar-refractivity contribution in [1.82, 2.24) is 15.0 Å². The number of hydrogen-bond acceptors (Lipinski definition) is 6. The first-order valence-corrected chi connectivity index (χ1v) is 9.02. The van der Waals surface area contributed by atoms with Gasteiger partial charge in [-0.2, -0.15) is 4.98 Å². The van der Waals surface area contributed by atoms with E-state index in [1.54, 1.807) is 14.2 Å². The van der Waals surface area contributed by atoms with Gasteiger partial charge in [0.05, 0.1) is 20.8 Å². The number of unbranched alkanes of at least 4 members (excludes halogenated alkanes) is 1. The number of nitrogens with zero attached hydrogens (tertiary/aromatic N) is 3. The summed E-state index contributed by atoms with van der Waals surface area (Å²) in [5.74, 6) is 3.05. The van der Waals surface area contributed by atoms with E-state index in [-0.39, 0.29) is 0 Å². The van der Waals surface area contributed by atoms with Crippen molar-refractivity contribution < 1.29 is 14.0 Å². The molecule has 1 aliphatic heterocycles. The van der Waals surface area contributed by atoms with Gasteiger partial charge in [0.1, 0.15) is 0 Å². The normalized spacial score (nSPS) is 17.8. The lowest BCUT2D eigenvalue weighted by Crippen LogP contribution is -2.23. The molecule has 0 N–H and O–H groups in total. The van der Waals surface area contributed by atoms with E-state index < -0.39 is 0 Å². The van der Waals surface area contributed by atoms with Crippen molar-refractivity contribution in [3.8, 4) is 11.5 Å². The number of likely N-dealkylation sites (tertiary alicyclic amines) is 1. The van der Waals surface area contributed by atoms with Crippen LogP contribution in [0.5, 0.6) is 11.5 Å². The molecule has 3 rings (SSSR count). The Morgan fingerprint density at radius 2 is 2.08 bits per heavy atom. The molecule has 0 spiro atoms. The quantitative estimate of drug-likeness (QED) is 0.726. The average molecular weight is 345 g/mol. The van der Waals surface area contributed by atoms with Crippen molar-refractivity contribution in [2.45, 2.75) is 51.6 Å². The highest BCUT2D eigenvalue weighted by Crippen LogP contribution is 2.37. The average Bonchev–Trinajstić information content (AvgIpc) is 3.29. The maximum absolute atomic E-state index is 5.45. The van der Waals surface area contributed by atoms with E-state index in [2.05, 4.69) is 34.1 Å². The lowest BCUT2D eigenvalue weighted by molar-refractivity contribution is 0.212. The van der Waals surface area contributed by atoms with Gasteiger partial charge in [-0.05, 0) is 43.5 Å². The molecule has 136 valence electrons. The highest BCUT2D eigenvalue weighted by molar-refractivity contribution is 5.44. The second-order valence-corrected chi connectivity index (χ2v) is 6.45. The van der Waals surface area contributed by atoms with Crippen LogP contribution >= 0.6 is 0 Å². The van der Waals surface area contributed by atoms with E-state index in [0.717, 1.165) is 56.0 Å². The smallest absolute Gasteiger partial charge is 0.240 e. The summed E-state index contributed by atoms with van der Waals surface area (Å²) in [6, 6.07) is 6.50. The zero-order valence-corrected chi connectivity index (χ0v) is 15.3. The number of rotatable bonds is 8. The van der Waals surface area contributed by atoms with Gasteiger partial charge in [-0.1, -0.05) is 24.6 Å². The van der Waals surface area contributed by atoms with Gasteiger partial charge in [0.2, 0.25) is 5.89 Å². The first-order valence-electron chi connectivity index (χ1n) is 9.02. The van der Waals surface area contributed by atoms with Gasteiger partial charge >= 0.3 is 0 Å². The maximum Gasteiger partial charge on any atom is 0.240 e. The van der Waals surface area contributed by atoms with Crippen LogP contribution < -0.4 is 9.47 Å². The van der Waals surface area contributed by atoms with Crippen molar-refractivity contribution >= 4 is 0 Å². The zero-order chi connectivity index (χ0) is 17.6. The van der Waals surface area contributed by atoms with Crippen LogP contribution in [0, 0.1) is 0 Å². The molecule has 2 aromatic rings. The molecule has 0 saturated carbocycles. The molecule has 1 atom stereocenters. The summed E-state index contributed by atoms with van der Waals surface area (Å²) in [4.78, 5) is 6.94. The lowest BCUT2D eigenvalue weighted by atomic mass is 10.0. The molecule has 1 aromatic carbocycles. The Kier molecular flexibility index (Phi) is 5.91. The predicted molar refractivity (Wildman–Crippen MR) is 94.8 cm³/mol. The largest absolute Gasteiger partial charge is 0.493 e. The van der Waals surface area contributed by atoms with Crippen molar-refractivity contribution in [1.29, 1.82) is 0 Å². The van der Waals surface area contributed by atoms with Crippen LogP contribution in [0.1, 0.15) is 55.9 Å². The fourth-order valence-electron chi connectivity index (χ4n) is 3.42. The first-order chi connectivity index (χ1) is 12.2. The lowest BCUT2D eigenvalue weighted by Gasteiger charge is -2.23. The molecule has 25 heavy (non-hydrogen) atoms. The number of aromatic nitrogens is 2. The molecule has 1 aliphatic rings. The van der Waals surface area contributed by atoms with E-state index in [0.29, 0.717) is 18.5 Å². The second-order valence-electron chi connectivity index (χ2n) is 6.45. The van der Waals surface area contributed by atoms with Crippen molar-refractivity contribution in [3.63, 3.8) is 0 Å². The molecule has 6 heteroatoms. The Labute approximate surface area is 149 Å². The summed E-state index contributed by atoms with van der Waals surface area (Å²) >= 11 is 0. The third kappa shape index (κ3) is 4.12. The minimum atomic E-state index is 0.339. The number of benzene rings is 1. The number of aryl methyl sites for hydroxylation is 1. The highest BCUT2D eigenvalue weighted by Gasteiger charge is 2.28. The Bertz CT molecular complexity index is 686. The number of methoxy groups -OCH3 is 2. The third-order valence-corrected chi connectivity index (χ3v) is 4.76. The summed E-state index contributed by atoms with van der Waals surface area (Å²) in [5, 5.41) is 4.09. The second kappa shape index (κ2) is 8.34. The zero-order valence-electron chi connectivity index (χ0n) is 15.3. The number of ether oxygens (including phenoxy) is 2. The summed E-state index contributed by atoms with van der Waals surface area (Å²) in [7, 11) is 3.33. The minimum absolute atomic E-state index is 0.339. The monoisotopic (exact) mass is 345 g/mol. The van der Waals surface area contributed by atoms with E-state index in [4.69, 9.17) is 14.0 Å². The summed E-state index contributed by atoms with van der Waals surface area (Å²) in [6.45, 7) is 3.89. The van der Waals surface area contributed by atoms with Crippen LogP contribution in [-0.4, -0.2) is 35.8 Å². The molecule has 0 radical (unpaired) electrons. The minimum Gasteiger partial charge on any atom is -0.493 e. The topological polar surface area (TPSA) is 60.6 Å². The molecule has 2 heterocycles. The maximum atomic E-state index is 5.45. The van der Waals surface area contributed by atoms with Crippen LogP contribution in [-0.2, 0) is 13.0 Å². The Morgan fingerprint density at radius 1 is 1.24 bits per heavy atom. The SMILES string of the molecule is CCCCc1noc(CN2CCCC2c2ccc(OC)c(OC)c2)n1. The van der Waals surface area contributed by atoms with Crippen molar-refractivity contribution in [2.75, 3.05) is 20.8 Å². The Balaban J connectivity index is 1.71. The van der Waals surface area contributed by atoms with Gasteiger partial charge < -0.3 is 14.0 Å². The van der Waals surface area contributed by atoms with Crippen LogP contribution in [0.4, 0.5) is 0 Å². The molecular weight excluding hydrogens is 318 g/mol. The Hall–Kier alpha value is -2.08. The van der Waals surface area contributed by atoms with Gasteiger partial charge in [-0.15, -0.1) is 0 Å². The fraction of sp³-hybridized carbons (Fsp3) is 0.579. The standard InChI is InChI=1S/C19H27N3O3/c1-4-5-8-18-20-19(25-21-18)13-22-11-6-7-15(22)14-9-10-16(23-2)17(12-14)24-3/h9-10,12,15H,4-8,11,13H2,1-3H3. The first kappa shape index (κ1) is 17.7. The fourth-order valence-corrected chi connectivity index (χ4v) is 3.42. The van der Waals surface area contributed by atoms with Gasteiger partial charge in [0.25, 0.3) is 0 Å². The van der Waals surface area contributed by atoms with Gasteiger partial charge in [0, 0.05) is 12.5 Å². The van der Waals surface area contributed by atoms with Crippen molar-refractivity contribution in [2.24, 2.45) is 0 Å². The summed E-state index contributed by atoms with van der Waals surface area (Å²) in [5.41, 5.74) is 1.24. The molecular formula is C19H27N3O3. The molecule has 1 aromatic heterocycles. The molecule has 0 bridgehead atoms. The van der Waals surface area contributed by atoms with Gasteiger partial charge in [-0.25, -0.2) is 0 Å². The molecule has 0 amide bonds. The summed E-state index contributed by atoms with van der Waals surface area (Å²) < 4.78 is 16.2.